The van der Waals surface area contributed by atoms with Crippen LogP contribution in [0.2, 0.25) is 0 Å². The number of hydrogen-bond acceptors (Lipinski definition) is 2. The zero-order valence-corrected chi connectivity index (χ0v) is 11.3. The summed E-state index contributed by atoms with van der Waals surface area (Å²) in [5.74, 6) is 0. The zero-order chi connectivity index (χ0) is 12.5. The number of nitrogens with zero attached hydrogens (tertiary/aromatic N) is 2. The van der Waals surface area contributed by atoms with Crippen molar-refractivity contribution in [2.75, 3.05) is 32.7 Å². The minimum absolute atomic E-state index is 0.142. The van der Waals surface area contributed by atoms with Crippen molar-refractivity contribution in [2.24, 2.45) is 5.41 Å². The van der Waals surface area contributed by atoms with Crippen LogP contribution >= 0.6 is 0 Å². The molecule has 0 aromatic heterocycles. The first-order valence-corrected chi connectivity index (χ1v) is 6.72. The lowest BCUT2D eigenvalue weighted by Gasteiger charge is -2.37. The van der Waals surface area contributed by atoms with Crippen LogP contribution < -0.4 is 5.32 Å². The van der Waals surface area contributed by atoms with Gasteiger partial charge in [0.15, 0.2) is 0 Å². The fourth-order valence-electron chi connectivity index (χ4n) is 2.27. The summed E-state index contributed by atoms with van der Waals surface area (Å²) in [4.78, 5) is 16.3. The topological polar surface area (TPSA) is 35.6 Å². The smallest absolute Gasteiger partial charge is 0.317 e. The van der Waals surface area contributed by atoms with Crippen molar-refractivity contribution in [2.45, 2.75) is 39.7 Å². The molecule has 0 unspecified atom stereocenters. The molecule has 1 saturated heterocycles. The van der Waals surface area contributed by atoms with E-state index in [1.54, 1.807) is 0 Å². The maximum atomic E-state index is 11.8. The molecule has 1 heterocycles. The second kappa shape index (κ2) is 4.84. The van der Waals surface area contributed by atoms with Crippen LogP contribution in [0.25, 0.3) is 0 Å². The van der Waals surface area contributed by atoms with Gasteiger partial charge in [-0.25, -0.2) is 4.79 Å². The van der Waals surface area contributed by atoms with Crippen LogP contribution in [0.4, 0.5) is 4.79 Å². The van der Waals surface area contributed by atoms with Crippen LogP contribution in [-0.4, -0.2) is 54.6 Å². The average Bonchev–Trinajstić information content (AvgIpc) is 3.00. The highest BCUT2D eigenvalue weighted by molar-refractivity contribution is 5.75. The number of piperazine rings is 1. The second-order valence-corrected chi connectivity index (χ2v) is 6.55. The SMILES string of the molecule is CC(C)(C)CN1CCN(C(=O)NC2CC2)CC1. The summed E-state index contributed by atoms with van der Waals surface area (Å²) in [6.45, 7) is 11.7. The summed E-state index contributed by atoms with van der Waals surface area (Å²) in [7, 11) is 0. The van der Waals surface area contributed by atoms with Crippen molar-refractivity contribution in [3.63, 3.8) is 0 Å². The minimum Gasteiger partial charge on any atom is -0.335 e. The van der Waals surface area contributed by atoms with E-state index in [0.717, 1.165) is 45.6 Å². The minimum atomic E-state index is 0.142. The number of hydrogen-bond donors (Lipinski definition) is 1. The van der Waals surface area contributed by atoms with Gasteiger partial charge in [0, 0.05) is 38.8 Å². The quantitative estimate of drug-likeness (QED) is 0.793. The van der Waals surface area contributed by atoms with Crippen molar-refractivity contribution >= 4 is 6.03 Å². The van der Waals surface area contributed by atoms with Gasteiger partial charge in [-0.3, -0.25) is 4.90 Å². The van der Waals surface area contributed by atoms with Crippen molar-refractivity contribution < 1.29 is 4.79 Å². The van der Waals surface area contributed by atoms with E-state index in [1.165, 1.54) is 0 Å². The standard InChI is InChI=1S/C13H25N3O/c1-13(2,3)10-15-6-8-16(9-7-15)12(17)14-11-4-5-11/h11H,4-10H2,1-3H3,(H,14,17). The molecule has 1 aliphatic heterocycles. The van der Waals surface area contributed by atoms with Crippen LogP contribution in [0.1, 0.15) is 33.6 Å². The first-order valence-electron chi connectivity index (χ1n) is 6.72. The first kappa shape index (κ1) is 12.7. The van der Waals surface area contributed by atoms with Crippen LogP contribution in [0, 0.1) is 5.41 Å². The molecule has 17 heavy (non-hydrogen) atoms. The van der Waals surface area contributed by atoms with Gasteiger partial charge >= 0.3 is 6.03 Å². The van der Waals surface area contributed by atoms with Gasteiger partial charge in [0.05, 0.1) is 0 Å². The molecule has 1 saturated carbocycles. The Labute approximate surface area is 104 Å². The molecule has 1 aliphatic carbocycles. The summed E-state index contributed by atoms with van der Waals surface area (Å²) in [6, 6.07) is 0.609. The molecule has 2 fully saturated rings. The molecule has 4 nitrogen and oxygen atoms in total. The van der Waals surface area contributed by atoms with Gasteiger partial charge in [-0.2, -0.15) is 0 Å². The van der Waals surface area contributed by atoms with Crippen LogP contribution in [0.3, 0.4) is 0 Å². The number of carbonyl (C=O) groups excluding carboxylic acids is 1. The van der Waals surface area contributed by atoms with E-state index < -0.39 is 0 Å². The van der Waals surface area contributed by atoms with E-state index >= 15 is 0 Å². The Morgan fingerprint density at radius 1 is 1.18 bits per heavy atom. The van der Waals surface area contributed by atoms with Crippen molar-refractivity contribution in [1.29, 1.82) is 0 Å². The third-order valence-corrected chi connectivity index (χ3v) is 3.26. The predicted molar refractivity (Wildman–Crippen MR) is 69.0 cm³/mol. The first-order chi connectivity index (χ1) is 7.94. The summed E-state index contributed by atoms with van der Waals surface area (Å²) < 4.78 is 0. The lowest BCUT2D eigenvalue weighted by molar-refractivity contribution is 0.113. The van der Waals surface area contributed by atoms with E-state index in [1.807, 2.05) is 4.90 Å². The Balaban J connectivity index is 1.71. The Morgan fingerprint density at radius 3 is 2.24 bits per heavy atom. The average molecular weight is 239 g/mol. The van der Waals surface area contributed by atoms with Crippen molar-refractivity contribution in [1.82, 2.24) is 15.1 Å². The van der Waals surface area contributed by atoms with Crippen LogP contribution in [0.15, 0.2) is 0 Å². The number of amides is 2. The zero-order valence-electron chi connectivity index (χ0n) is 11.3. The van der Waals surface area contributed by atoms with Crippen molar-refractivity contribution in [3.05, 3.63) is 0 Å². The van der Waals surface area contributed by atoms with Gasteiger partial charge in [-0.05, 0) is 18.3 Å². The second-order valence-electron chi connectivity index (χ2n) is 6.55. The molecular formula is C13H25N3O. The highest BCUT2D eigenvalue weighted by Crippen LogP contribution is 2.20. The van der Waals surface area contributed by atoms with E-state index in [0.29, 0.717) is 11.5 Å². The Bertz CT molecular complexity index is 273. The molecule has 1 N–H and O–H groups in total. The van der Waals surface area contributed by atoms with E-state index in [9.17, 15) is 4.79 Å². The summed E-state index contributed by atoms with van der Waals surface area (Å²) in [5.41, 5.74) is 0.346. The third-order valence-electron chi connectivity index (χ3n) is 3.26. The molecule has 2 rings (SSSR count). The molecule has 0 bridgehead atoms. The van der Waals surface area contributed by atoms with Crippen molar-refractivity contribution in [3.8, 4) is 0 Å². The van der Waals surface area contributed by atoms with Crippen LogP contribution in [0.5, 0.6) is 0 Å². The van der Waals surface area contributed by atoms with Gasteiger partial charge in [0.1, 0.15) is 0 Å². The summed E-state index contributed by atoms with van der Waals surface area (Å²) in [5, 5.41) is 3.06. The Kier molecular flexibility index (Phi) is 3.61. The molecule has 0 radical (unpaired) electrons. The highest BCUT2D eigenvalue weighted by Gasteiger charge is 2.28. The maximum Gasteiger partial charge on any atom is 0.317 e. The highest BCUT2D eigenvalue weighted by atomic mass is 16.2. The molecular weight excluding hydrogens is 214 g/mol. The van der Waals surface area contributed by atoms with E-state index in [2.05, 4.69) is 31.0 Å². The largest absolute Gasteiger partial charge is 0.335 e. The Hall–Kier alpha value is -0.770. The molecule has 0 atom stereocenters. The van der Waals surface area contributed by atoms with Gasteiger partial charge < -0.3 is 10.2 Å². The van der Waals surface area contributed by atoms with Gasteiger partial charge in [-0.1, -0.05) is 20.8 Å². The lowest BCUT2D eigenvalue weighted by Crippen LogP contribution is -2.53. The fourth-order valence-corrected chi connectivity index (χ4v) is 2.27. The predicted octanol–water partition coefficient (Wildman–Crippen LogP) is 1.52. The molecule has 0 aromatic rings. The lowest BCUT2D eigenvalue weighted by atomic mass is 9.96. The maximum absolute atomic E-state index is 11.8. The van der Waals surface area contributed by atoms with E-state index in [4.69, 9.17) is 0 Å². The summed E-state index contributed by atoms with van der Waals surface area (Å²) >= 11 is 0. The van der Waals surface area contributed by atoms with Crippen LogP contribution in [-0.2, 0) is 0 Å². The molecule has 0 aromatic carbocycles. The molecule has 0 spiro atoms. The van der Waals surface area contributed by atoms with Gasteiger partial charge in [0.2, 0.25) is 0 Å². The van der Waals surface area contributed by atoms with Gasteiger partial charge in [0.25, 0.3) is 0 Å². The number of urea groups is 1. The number of rotatable bonds is 2. The van der Waals surface area contributed by atoms with E-state index in [-0.39, 0.29) is 6.03 Å². The molecule has 2 aliphatic rings. The molecule has 98 valence electrons. The number of nitrogens with one attached hydrogen (secondary N) is 1. The fraction of sp³-hybridized carbons (Fsp3) is 0.923. The third kappa shape index (κ3) is 4.19. The molecule has 4 heteroatoms. The summed E-state index contributed by atoms with van der Waals surface area (Å²) in [6.07, 6.45) is 2.32. The van der Waals surface area contributed by atoms with Gasteiger partial charge in [-0.15, -0.1) is 0 Å². The Morgan fingerprint density at radius 2 is 1.76 bits per heavy atom. The monoisotopic (exact) mass is 239 g/mol. The molecule has 2 amide bonds. The normalized spacial score (nSPS) is 22.6. The number of carbonyl (C=O) groups is 1.